The number of aryl methyl sites for hydroxylation is 1. The first-order valence-corrected chi connectivity index (χ1v) is 7.69. The lowest BCUT2D eigenvalue weighted by molar-refractivity contribution is -0.384. The topological polar surface area (TPSA) is 81.5 Å². The monoisotopic (exact) mass is 348 g/mol. The van der Waals surface area contributed by atoms with Crippen molar-refractivity contribution in [3.63, 3.8) is 0 Å². The van der Waals surface area contributed by atoms with Crippen LogP contribution in [-0.2, 0) is 0 Å². The highest BCUT2D eigenvalue weighted by atomic mass is 35.5. The molecule has 0 saturated heterocycles. The van der Waals surface area contributed by atoms with Gasteiger partial charge in [0.1, 0.15) is 12.4 Å². The average molecular weight is 349 g/mol. The second-order valence-corrected chi connectivity index (χ2v) is 5.83. The first-order chi connectivity index (χ1) is 11.4. The van der Waals surface area contributed by atoms with Crippen LogP contribution in [0, 0.1) is 17.0 Å². The van der Waals surface area contributed by atoms with Crippen molar-refractivity contribution in [2.45, 2.75) is 19.9 Å². The number of nitro benzene ring substituents is 1. The highest BCUT2D eigenvalue weighted by molar-refractivity contribution is 6.34. The smallest absolute Gasteiger partial charge is 0.270 e. The van der Waals surface area contributed by atoms with Gasteiger partial charge in [0.2, 0.25) is 0 Å². The zero-order valence-electron chi connectivity index (χ0n) is 13.3. The first kappa shape index (κ1) is 17.7. The third kappa shape index (κ3) is 4.70. The van der Waals surface area contributed by atoms with Crippen LogP contribution in [0.3, 0.4) is 0 Å². The van der Waals surface area contributed by atoms with Gasteiger partial charge in [-0.3, -0.25) is 14.9 Å². The molecular formula is C17H17ClN2O4. The molecule has 1 N–H and O–H groups in total. The summed E-state index contributed by atoms with van der Waals surface area (Å²) in [5.74, 6) is 0.310. The Balaban J connectivity index is 1.93. The minimum absolute atomic E-state index is 0.0355. The normalized spacial score (nSPS) is 11.6. The van der Waals surface area contributed by atoms with Gasteiger partial charge in [-0.05, 0) is 32.0 Å². The molecule has 2 aromatic rings. The number of non-ortho nitro benzene ring substituents is 1. The Bertz CT molecular complexity index is 747. The number of nitrogens with zero attached hydrogens (tertiary/aromatic N) is 1. The van der Waals surface area contributed by atoms with Crippen molar-refractivity contribution in [3.8, 4) is 5.75 Å². The maximum atomic E-state index is 12.2. The molecule has 0 aliphatic carbocycles. The summed E-state index contributed by atoms with van der Waals surface area (Å²) in [6.45, 7) is 4.07. The zero-order chi connectivity index (χ0) is 17.7. The molecule has 0 spiro atoms. The lowest BCUT2D eigenvalue weighted by Gasteiger charge is -2.15. The van der Waals surface area contributed by atoms with Gasteiger partial charge in [-0.25, -0.2) is 0 Å². The van der Waals surface area contributed by atoms with E-state index in [1.807, 2.05) is 31.2 Å². The van der Waals surface area contributed by atoms with Gasteiger partial charge in [0.15, 0.2) is 0 Å². The molecule has 2 rings (SSSR count). The molecule has 24 heavy (non-hydrogen) atoms. The molecular weight excluding hydrogens is 332 g/mol. The SMILES string of the molecule is Cc1ccc(OCC(C)NC(=O)c2ccc([N+](=O)[O-])cc2Cl)cc1. The second kappa shape index (κ2) is 7.79. The third-order valence-corrected chi connectivity index (χ3v) is 3.62. The van der Waals surface area contributed by atoms with Crippen LogP contribution in [-0.4, -0.2) is 23.5 Å². The average Bonchev–Trinajstić information content (AvgIpc) is 2.54. The van der Waals surface area contributed by atoms with Crippen LogP contribution in [0.15, 0.2) is 42.5 Å². The molecule has 0 aromatic heterocycles. The molecule has 0 aliphatic heterocycles. The van der Waals surface area contributed by atoms with Gasteiger partial charge in [-0.2, -0.15) is 0 Å². The van der Waals surface area contributed by atoms with E-state index in [1.54, 1.807) is 6.92 Å². The predicted octanol–water partition coefficient (Wildman–Crippen LogP) is 3.75. The minimum atomic E-state index is -0.564. The molecule has 2 aromatic carbocycles. The van der Waals surface area contributed by atoms with Crippen LogP contribution >= 0.6 is 11.6 Å². The van der Waals surface area contributed by atoms with Gasteiger partial charge in [0.25, 0.3) is 11.6 Å². The van der Waals surface area contributed by atoms with Crippen LogP contribution in [0.1, 0.15) is 22.8 Å². The maximum Gasteiger partial charge on any atom is 0.270 e. The molecule has 126 valence electrons. The molecule has 6 nitrogen and oxygen atoms in total. The largest absolute Gasteiger partial charge is 0.491 e. The standard InChI is InChI=1S/C17H17ClN2O4/c1-11-3-6-14(7-4-11)24-10-12(2)19-17(21)15-8-5-13(20(22)23)9-16(15)18/h3-9,12H,10H2,1-2H3,(H,19,21). The number of hydrogen-bond donors (Lipinski definition) is 1. The van der Waals surface area contributed by atoms with E-state index >= 15 is 0 Å². The highest BCUT2D eigenvalue weighted by Gasteiger charge is 2.16. The molecule has 0 radical (unpaired) electrons. The van der Waals surface area contributed by atoms with Crippen molar-refractivity contribution in [3.05, 3.63) is 68.7 Å². The fourth-order valence-corrected chi connectivity index (χ4v) is 2.26. The van der Waals surface area contributed by atoms with Crippen molar-refractivity contribution in [2.24, 2.45) is 0 Å². The molecule has 0 heterocycles. The summed E-state index contributed by atoms with van der Waals surface area (Å²) in [5.41, 5.74) is 1.16. The third-order valence-electron chi connectivity index (χ3n) is 3.31. The fraction of sp³-hybridized carbons (Fsp3) is 0.235. The number of nitrogens with one attached hydrogen (secondary N) is 1. The maximum absolute atomic E-state index is 12.2. The van der Waals surface area contributed by atoms with Gasteiger partial charge in [0, 0.05) is 12.1 Å². The number of halogens is 1. The Morgan fingerprint density at radius 2 is 1.96 bits per heavy atom. The van der Waals surface area contributed by atoms with E-state index in [9.17, 15) is 14.9 Å². The molecule has 1 unspecified atom stereocenters. The Morgan fingerprint density at radius 3 is 2.54 bits per heavy atom. The molecule has 0 aliphatic rings. The first-order valence-electron chi connectivity index (χ1n) is 7.31. The number of hydrogen-bond acceptors (Lipinski definition) is 4. The van der Waals surface area contributed by atoms with Crippen LogP contribution in [0.2, 0.25) is 5.02 Å². The Kier molecular flexibility index (Phi) is 5.76. The van der Waals surface area contributed by atoms with Crippen molar-refractivity contribution in [2.75, 3.05) is 6.61 Å². The van der Waals surface area contributed by atoms with E-state index in [-0.39, 0.29) is 22.3 Å². The van der Waals surface area contributed by atoms with Gasteiger partial charge in [0.05, 0.1) is 21.6 Å². The van der Waals surface area contributed by atoms with Gasteiger partial charge in [-0.1, -0.05) is 29.3 Å². The molecule has 0 bridgehead atoms. The molecule has 1 amide bonds. The number of rotatable bonds is 6. The van der Waals surface area contributed by atoms with Gasteiger partial charge < -0.3 is 10.1 Å². The quantitative estimate of drug-likeness (QED) is 0.636. The second-order valence-electron chi connectivity index (χ2n) is 5.42. The lowest BCUT2D eigenvalue weighted by Crippen LogP contribution is -2.36. The summed E-state index contributed by atoms with van der Waals surface area (Å²) in [6.07, 6.45) is 0. The summed E-state index contributed by atoms with van der Waals surface area (Å²) in [7, 11) is 0. The summed E-state index contributed by atoms with van der Waals surface area (Å²) >= 11 is 5.94. The predicted molar refractivity (Wildman–Crippen MR) is 91.7 cm³/mol. The highest BCUT2D eigenvalue weighted by Crippen LogP contribution is 2.22. The number of nitro groups is 1. The number of carbonyl (C=O) groups is 1. The molecule has 0 saturated carbocycles. The number of ether oxygens (including phenoxy) is 1. The fourth-order valence-electron chi connectivity index (χ4n) is 2.00. The van der Waals surface area contributed by atoms with Crippen LogP contribution in [0.25, 0.3) is 0 Å². The van der Waals surface area contributed by atoms with Crippen molar-refractivity contribution >= 4 is 23.2 Å². The Hall–Kier alpha value is -2.60. The summed E-state index contributed by atoms with van der Waals surface area (Å²) in [4.78, 5) is 22.3. The summed E-state index contributed by atoms with van der Waals surface area (Å²) in [6, 6.07) is 11.1. The number of benzene rings is 2. The van der Waals surface area contributed by atoms with E-state index in [0.717, 1.165) is 17.4 Å². The van der Waals surface area contributed by atoms with E-state index in [1.165, 1.54) is 12.1 Å². The van der Waals surface area contributed by atoms with Crippen molar-refractivity contribution in [1.82, 2.24) is 5.32 Å². The van der Waals surface area contributed by atoms with Crippen molar-refractivity contribution in [1.29, 1.82) is 0 Å². The van der Waals surface area contributed by atoms with E-state index in [4.69, 9.17) is 16.3 Å². The number of amides is 1. The Morgan fingerprint density at radius 1 is 1.29 bits per heavy atom. The van der Waals surface area contributed by atoms with E-state index in [2.05, 4.69) is 5.32 Å². The summed E-state index contributed by atoms with van der Waals surface area (Å²) in [5, 5.41) is 13.5. The Labute approximate surface area is 144 Å². The number of carbonyl (C=O) groups excluding carboxylic acids is 1. The van der Waals surface area contributed by atoms with Crippen molar-refractivity contribution < 1.29 is 14.5 Å². The summed E-state index contributed by atoms with van der Waals surface area (Å²) < 4.78 is 5.60. The van der Waals surface area contributed by atoms with E-state index in [0.29, 0.717) is 6.61 Å². The van der Waals surface area contributed by atoms with Gasteiger partial charge in [-0.15, -0.1) is 0 Å². The molecule has 1 atom stereocenters. The molecule has 7 heteroatoms. The lowest BCUT2D eigenvalue weighted by atomic mass is 10.2. The zero-order valence-corrected chi connectivity index (χ0v) is 14.0. The molecule has 0 fully saturated rings. The van der Waals surface area contributed by atoms with Crippen LogP contribution in [0.5, 0.6) is 5.75 Å². The van der Waals surface area contributed by atoms with E-state index < -0.39 is 10.8 Å². The van der Waals surface area contributed by atoms with Crippen LogP contribution in [0.4, 0.5) is 5.69 Å². The van der Waals surface area contributed by atoms with Gasteiger partial charge >= 0.3 is 0 Å². The minimum Gasteiger partial charge on any atom is -0.491 e. The van der Waals surface area contributed by atoms with Crippen LogP contribution < -0.4 is 10.1 Å².